The summed E-state index contributed by atoms with van der Waals surface area (Å²) in [6.45, 7) is 14.6. The van der Waals surface area contributed by atoms with E-state index < -0.39 is 5.92 Å². The van der Waals surface area contributed by atoms with Crippen LogP contribution in [0, 0.1) is 5.92 Å². The van der Waals surface area contributed by atoms with Gasteiger partial charge in [-0.1, -0.05) is 90.1 Å². The van der Waals surface area contributed by atoms with E-state index in [-0.39, 0.29) is 22.4 Å². The van der Waals surface area contributed by atoms with Gasteiger partial charge in [0, 0.05) is 12.8 Å². The van der Waals surface area contributed by atoms with Crippen molar-refractivity contribution < 1.29 is 9.59 Å². The van der Waals surface area contributed by atoms with E-state index >= 15 is 0 Å². The van der Waals surface area contributed by atoms with Gasteiger partial charge < -0.3 is 0 Å². The van der Waals surface area contributed by atoms with Crippen LogP contribution in [-0.4, -0.2) is 11.6 Å². The Labute approximate surface area is 170 Å². The second-order valence-corrected chi connectivity index (χ2v) is 9.82. The van der Waals surface area contributed by atoms with E-state index in [1.165, 1.54) is 11.1 Å². The summed E-state index contributed by atoms with van der Waals surface area (Å²) in [6.07, 6.45) is 0.614. The molecule has 0 saturated carbocycles. The smallest absolute Gasteiger partial charge is 0.147 e. The molecular weight excluding hydrogens is 344 g/mol. The average molecular weight is 379 g/mol. The van der Waals surface area contributed by atoms with E-state index in [4.69, 9.17) is 0 Å². The number of Topliss-reactive ketones (excluding diaryl/α,β-unsaturated/α-hetero) is 2. The van der Waals surface area contributed by atoms with Gasteiger partial charge in [0.25, 0.3) is 0 Å². The molecule has 0 amide bonds. The summed E-state index contributed by atoms with van der Waals surface area (Å²) in [5.41, 5.74) is 4.32. The van der Waals surface area contributed by atoms with Gasteiger partial charge in [-0.05, 0) is 40.0 Å². The van der Waals surface area contributed by atoms with Crippen molar-refractivity contribution in [1.82, 2.24) is 0 Å². The van der Waals surface area contributed by atoms with Crippen LogP contribution in [0.1, 0.15) is 70.7 Å². The van der Waals surface area contributed by atoms with Gasteiger partial charge in [0.15, 0.2) is 0 Å². The fourth-order valence-electron chi connectivity index (χ4n) is 3.67. The van der Waals surface area contributed by atoms with Crippen LogP contribution in [0.3, 0.4) is 0 Å². The lowest BCUT2D eigenvalue weighted by molar-refractivity contribution is -0.131. The van der Waals surface area contributed by atoms with Gasteiger partial charge in [-0.15, -0.1) is 0 Å². The average Bonchev–Trinajstić information content (AvgIpc) is 2.60. The molecule has 0 aromatic heterocycles. The molecule has 0 saturated heterocycles. The molecular formula is C26H34O2. The Balaban J connectivity index is 2.16. The summed E-state index contributed by atoms with van der Waals surface area (Å²) in [6, 6.07) is 16.1. The molecule has 0 bridgehead atoms. The van der Waals surface area contributed by atoms with E-state index in [0.717, 1.165) is 11.1 Å². The highest BCUT2D eigenvalue weighted by Gasteiger charge is 2.26. The first-order valence-electron chi connectivity index (χ1n) is 10.1. The molecule has 2 aromatic carbocycles. The molecule has 2 aromatic rings. The zero-order valence-electron chi connectivity index (χ0n) is 18.4. The highest BCUT2D eigenvalue weighted by Crippen LogP contribution is 2.28. The summed E-state index contributed by atoms with van der Waals surface area (Å²) in [4.78, 5) is 25.8. The predicted octanol–water partition coefficient (Wildman–Crippen LogP) is 5.84. The molecule has 0 aliphatic rings. The molecule has 2 heteroatoms. The predicted molar refractivity (Wildman–Crippen MR) is 117 cm³/mol. The minimum absolute atomic E-state index is 0.00469. The topological polar surface area (TPSA) is 34.1 Å². The van der Waals surface area contributed by atoms with Crippen molar-refractivity contribution in [3.63, 3.8) is 0 Å². The molecule has 28 heavy (non-hydrogen) atoms. The minimum atomic E-state index is -0.596. The van der Waals surface area contributed by atoms with Crippen molar-refractivity contribution in [3.8, 4) is 0 Å². The summed E-state index contributed by atoms with van der Waals surface area (Å²) < 4.78 is 0. The van der Waals surface area contributed by atoms with E-state index in [2.05, 4.69) is 53.7 Å². The Morgan fingerprint density at radius 2 is 1.00 bits per heavy atom. The summed E-state index contributed by atoms with van der Waals surface area (Å²) in [5, 5.41) is 0. The molecule has 0 radical (unpaired) electrons. The number of hydrogen-bond acceptors (Lipinski definition) is 2. The van der Waals surface area contributed by atoms with Crippen LogP contribution in [0.15, 0.2) is 48.5 Å². The number of hydrogen-bond donors (Lipinski definition) is 0. The third-order valence-electron chi connectivity index (χ3n) is 5.35. The lowest BCUT2D eigenvalue weighted by Crippen LogP contribution is -2.26. The Kier molecular flexibility index (Phi) is 6.64. The second kappa shape index (κ2) is 8.43. The molecule has 2 rings (SSSR count). The normalized spacial score (nSPS) is 12.3. The van der Waals surface area contributed by atoms with Gasteiger partial charge >= 0.3 is 0 Å². The molecule has 0 unspecified atom stereocenters. The minimum Gasteiger partial charge on any atom is -0.299 e. The fourth-order valence-corrected chi connectivity index (χ4v) is 3.67. The van der Waals surface area contributed by atoms with Crippen LogP contribution in [0.4, 0.5) is 0 Å². The first kappa shape index (κ1) is 22.1. The van der Waals surface area contributed by atoms with Crippen molar-refractivity contribution >= 4 is 11.6 Å². The van der Waals surface area contributed by atoms with Crippen molar-refractivity contribution in [2.45, 2.75) is 72.1 Å². The molecule has 0 atom stereocenters. The monoisotopic (exact) mass is 378 g/mol. The molecule has 0 fully saturated rings. The fraction of sp³-hybridized carbons (Fsp3) is 0.462. The highest BCUT2D eigenvalue weighted by atomic mass is 16.1. The molecule has 0 N–H and O–H groups in total. The summed E-state index contributed by atoms with van der Waals surface area (Å²) in [5.74, 6) is -0.606. The van der Waals surface area contributed by atoms with Crippen LogP contribution in [0.2, 0.25) is 0 Å². The number of rotatable bonds is 6. The zero-order valence-corrected chi connectivity index (χ0v) is 18.4. The number of benzene rings is 2. The molecule has 2 nitrogen and oxygen atoms in total. The third-order valence-corrected chi connectivity index (χ3v) is 5.35. The van der Waals surface area contributed by atoms with Gasteiger partial charge in [-0.25, -0.2) is 0 Å². The Hall–Kier alpha value is -2.22. The van der Waals surface area contributed by atoms with Crippen LogP contribution in [-0.2, 0) is 33.3 Å². The maximum atomic E-state index is 12.9. The van der Waals surface area contributed by atoms with Crippen LogP contribution < -0.4 is 0 Å². The molecule has 0 spiro atoms. The number of carbonyl (C=O) groups excluding carboxylic acids is 2. The van der Waals surface area contributed by atoms with E-state index in [1.807, 2.05) is 36.4 Å². The molecule has 0 heterocycles. The van der Waals surface area contributed by atoms with Crippen LogP contribution in [0.5, 0.6) is 0 Å². The van der Waals surface area contributed by atoms with Crippen molar-refractivity contribution in [2.24, 2.45) is 5.92 Å². The van der Waals surface area contributed by atoms with E-state index in [9.17, 15) is 9.59 Å². The van der Waals surface area contributed by atoms with E-state index in [1.54, 1.807) is 6.92 Å². The number of carbonyl (C=O) groups is 2. The Morgan fingerprint density at radius 1 is 0.679 bits per heavy atom. The highest BCUT2D eigenvalue weighted by molar-refractivity contribution is 6.03. The lowest BCUT2D eigenvalue weighted by atomic mass is 9.80. The van der Waals surface area contributed by atoms with Gasteiger partial charge in [0.2, 0.25) is 0 Å². The van der Waals surface area contributed by atoms with Gasteiger partial charge in [0.05, 0.1) is 5.92 Å². The largest absolute Gasteiger partial charge is 0.299 e. The quantitative estimate of drug-likeness (QED) is 0.592. The van der Waals surface area contributed by atoms with Gasteiger partial charge in [0.1, 0.15) is 11.6 Å². The molecule has 0 aliphatic heterocycles. The molecule has 0 aliphatic carbocycles. The van der Waals surface area contributed by atoms with Crippen LogP contribution in [0.25, 0.3) is 0 Å². The van der Waals surface area contributed by atoms with Crippen molar-refractivity contribution in [2.75, 3.05) is 0 Å². The lowest BCUT2D eigenvalue weighted by Gasteiger charge is -2.24. The first-order chi connectivity index (χ1) is 12.9. The summed E-state index contributed by atoms with van der Waals surface area (Å²) >= 11 is 0. The van der Waals surface area contributed by atoms with Crippen molar-refractivity contribution in [1.29, 1.82) is 0 Å². The second-order valence-electron chi connectivity index (χ2n) is 9.82. The molecule has 150 valence electrons. The zero-order chi connectivity index (χ0) is 21.1. The summed E-state index contributed by atoms with van der Waals surface area (Å²) in [7, 11) is 0. The Morgan fingerprint density at radius 3 is 1.32 bits per heavy atom. The maximum Gasteiger partial charge on any atom is 0.147 e. The third kappa shape index (κ3) is 5.41. The number of ketones is 2. The van der Waals surface area contributed by atoms with Gasteiger partial charge in [-0.2, -0.15) is 0 Å². The Bertz CT molecular complexity index is 776. The first-order valence-corrected chi connectivity index (χ1v) is 10.1. The van der Waals surface area contributed by atoms with E-state index in [0.29, 0.717) is 12.8 Å². The van der Waals surface area contributed by atoms with Crippen LogP contribution >= 0.6 is 0 Å². The maximum absolute atomic E-state index is 12.9. The standard InChI is InChI=1S/C26H34O2/c1-18(23(27)16-19-12-8-10-14-21(19)25(2,3)4)24(28)17-20-13-9-11-15-22(20)26(5,6)7/h8-15,18H,16-17H2,1-7H3. The van der Waals surface area contributed by atoms with Crippen molar-refractivity contribution in [3.05, 3.63) is 70.8 Å². The SMILES string of the molecule is CC(C(=O)Cc1ccccc1C(C)(C)C)C(=O)Cc1ccccc1C(C)(C)C. The van der Waals surface area contributed by atoms with Gasteiger partial charge in [-0.3, -0.25) is 9.59 Å².